The maximum absolute atomic E-state index is 12.3. The highest BCUT2D eigenvalue weighted by Crippen LogP contribution is 2.19. The third-order valence-corrected chi connectivity index (χ3v) is 4.33. The summed E-state index contributed by atoms with van der Waals surface area (Å²) in [6, 6.07) is 12.0. The van der Waals surface area contributed by atoms with E-state index in [-0.39, 0.29) is 5.92 Å². The Bertz CT molecular complexity index is 796. The zero-order valence-corrected chi connectivity index (χ0v) is 15.2. The minimum Gasteiger partial charge on any atom is -0.467 e. The molecule has 0 heterocycles. The fourth-order valence-corrected chi connectivity index (χ4v) is 2.62. The first-order valence-electron chi connectivity index (χ1n) is 8.50. The van der Waals surface area contributed by atoms with Gasteiger partial charge in [0, 0.05) is 0 Å². The molecule has 0 saturated heterocycles. The summed E-state index contributed by atoms with van der Waals surface area (Å²) in [5, 5.41) is 4.24. The summed E-state index contributed by atoms with van der Waals surface area (Å²) in [6.07, 6.45) is 0.690. The van der Waals surface area contributed by atoms with Gasteiger partial charge in [0.1, 0.15) is 6.04 Å². The molecule has 1 N–H and O–H groups in total. The molecule has 0 bridgehead atoms. The number of ether oxygens (including phenoxy) is 2. The number of esters is 2. The molecule has 1 amide bonds. The summed E-state index contributed by atoms with van der Waals surface area (Å²) in [4.78, 5) is 36.2. The Morgan fingerprint density at radius 1 is 1.08 bits per heavy atom. The van der Waals surface area contributed by atoms with Crippen molar-refractivity contribution in [3.05, 3.63) is 48.0 Å². The number of hydrogen-bond donors (Lipinski definition) is 1. The lowest BCUT2D eigenvalue weighted by atomic mass is 9.99. The number of hydrogen-bond acceptors (Lipinski definition) is 5. The highest BCUT2D eigenvalue weighted by molar-refractivity contribution is 6.05. The molecular weight excluding hydrogens is 334 g/mol. The molecule has 0 aliphatic heterocycles. The molecule has 0 unspecified atom stereocenters. The maximum atomic E-state index is 12.3. The number of carbonyl (C=O) groups excluding carboxylic acids is 3. The van der Waals surface area contributed by atoms with Crippen molar-refractivity contribution >= 4 is 28.6 Å². The molecule has 0 aliphatic carbocycles. The Kier molecular flexibility index (Phi) is 6.72. The van der Waals surface area contributed by atoms with Crippen molar-refractivity contribution in [3.63, 3.8) is 0 Å². The first-order chi connectivity index (χ1) is 12.5. The fraction of sp³-hybridized carbons (Fsp3) is 0.350. The SMILES string of the molecule is CC[C@@H](C)[C@H](NC(=O)COC(=O)c1cccc2ccccc12)C(=O)OC. The summed E-state index contributed by atoms with van der Waals surface area (Å²) < 4.78 is 9.84. The van der Waals surface area contributed by atoms with E-state index in [2.05, 4.69) is 5.32 Å². The Hall–Kier alpha value is -2.89. The molecule has 2 aromatic rings. The van der Waals surface area contributed by atoms with Crippen molar-refractivity contribution in [1.29, 1.82) is 0 Å². The zero-order chi connectivity index (χ0) is 19.1. The van der Waals surface area contributed by atoms with E-state index in [0.717, 1.165) is 10.8 Å². The lowest BCUT2D eigenvalue weighted by molar-refractivity contribution is -0.147. The van der Waals surface area contributed by atoms with Crippen molar-refractivity contribution < 1.29 is 23.9 Å². The second-order valence-electron chi connectivity index (χ2n) is 6.06. The van der Waals surface area contributed by atoms with Gasteiger partial charge in [-0.25, -0.2) is 9.59 Å². The lowest BCUT2D eigenvalue weighted by Crippen LogP contribution is -2.47. The van der Waals surface area contributed by atoms with Crippen molar-refractivity contribution in [2.75, 3.05) is 13.7 Å². The predicted molar refractivity (Wildman–Crippen MR) is 97.6 cm³/mol. The Labute approximate surface area is 152 Å². The number of carbonyl (C=O) groups is 3. The number of rotatable bonds is 7. The van der Waals surface area contributed by atoms with Crippen molar-refractivity contribution in [3.8, 4) is 0 Å². The molecule has 0 radical (unpaired) electrons. The van der Waals surface area contributed by atoms with Gasteiger partial charge in [-0.15, -0.1) is 0 Å². The molecule has 0 fully saturated rings. The van der Waals surface area contributed by atoms with E-state index in [4.69, 9.17) is 9.47 Å². The van der Waals surface area contributed by atoms with Gasteiger partial charge < -0.3 is 14.8 Å². The lowest BCUT2D eigenvalue weighted by Gasteiger charge is -2.21. The van der Waals surface area contributed by atoms with Crippen LogP contribution < -0.4 is 5.32 Å². The molecule has 2 atom stereocenters. The van der Waals surface area contributed by atoms with E-state index >= 15 is 0 Å². The Balaban J connectivity index is 2.02. The molecule has 0 aromatic heterocycles. The van der Waals surface area contributed by atoms with Crippen LogP contribution in [0.15, 0.2) is 42.5 Å². The van der Waals surface area contributed by atoms with E-state index in [9.17, 15) is 14.4 Å². The Morgan fingerprint density at radius 2 is 1.77 bits per heavy atom. The third-order valence-electron chi connectivity index (χ3n) is 4.33. The van der Waals surface area contributed by atoms with Gasteiger partial charge in [0.05, 0.1) is 12.7 Å². The monoisotopic (exact) mass is 357 g/mol. The van der Waals surface area contributed by atoms with Crippen LogP contribution in [-0.4, -0.2) is 37.6 Å². The average molecular weight is 357 g/mol. The molecule has 0 saturated carbocycles. The van der Waals surface area contributed by atoms with Crippen LogP contribution >= 0.6 is 0 Å². The molecule has 2 aromatic carbocycles. The van der Waals surface area contributed by atoms with Crippen LogP contribution in [0.4, 0.5) is 0 Å². The normalized spacial score (nSPS) is 12.9. The standard InChI is InChI=1S/C20H23NO5/c1-4-13(2)18(20(24)25-3)21-17(22)12-26-19(23)16-11-7-9-14-8-5-6-10-15(14)16/h5-11,13,18H,4,12H2,1-3H3,(H,21,22)/t13-,18+/m1/s1. The molecule has 6 heteroatoms. The number of amides is 1. The second kappa shape index (κ2) is 8.99. The smallest absolute Gasteiger partial charge is 0.339 e. The topological polar surface area (TPSA) is 81.7 Å². The molecule has 0 spiro atoms. The summed E-state index contributed by atoms with van der Waals surface area (Å²) in [5.74, 6) is -1.75. The van der Waals surface area contributed by atoms with Gasteiger partial charge >= 0.3 is 11.9 Å². The first-order valence-corrected chi connectivity index (χ1v) is 8.50. The van der Waals surface area contributed by atoms with Gasteiger partial charge in [0.15, 0.2) is 6.61 Å². The van der Waals surface area contributed by atoms with Crippen LogP contribution in [0.2, 0.25) is 0 Å². The molecule has 138 valence electrons. The van der Waals surface area contributed by atoms with E-state index < -0.39 is 30.5 Å². The van der Waals surface area contributed by atoms with Crippen LogP contribution in [-0.2, 0) is 19.1 Å². The first kappa shape index (κ1) is 19.4. The molecule has 2 rings (SSSR count). The van der Waals surface area contributed by atoms with Crippen molar-refractivity contribution in [2.24, 2.45) is 5.92 Å². The quantitative estimate of drug-likeness (QED) is 0.771. The van der Waals surface area contributed by atoms with E-state index in [1.54, 1.807) is 12.1 Å². The molecule has 26 heavy (non-hydrogen) atoms. The second-order valence-corrected chi connectivity index (χ2v) is 6.06. The molecular formula is C20H23NO5. The van der Waals surface area contributed by atoms with Gasteiger partial charge in [0.25, 0.3) is 5.91 Å². The Morgan fingerprint density at radius 3 is 2.46 bits per heavy atom. The van der Waals surface area contributed by atoms with Gasteiger partial charge in [-0.05, 0) is 22.8 Å². The van der Waals surface area contributed by atoms with Gasteiger partial charge in [0.2, 0.25) is 0 Å². The van der Waals surface area contributed by atoms with Crippen LogP contribution in [0.25, 0.3) is 10.8 Å². The number of benzene rings is 2. The third kappa shape index (κ3) is 4.59. The number of methoxy groups -OCH3 is 1. The van der Waals surface area contributed by atoms with E-state index in [1.165, 1.54) is 7.11 Å². The number of fused-ring (bicyclic) bond motifs is 1. The summed E-state index contributed by atoms with van der Waals surface area (Å²) in [6.45, 7) is 3.28. The van der Waals surface area contributed by atoms with Crippen LogP contribution in [0.3, 0.4) is 0 Å². The summed E-state index contributed by atoms with van der Waals surface area (Å²) >= 11 is 0. The van der Waals surface area contributed by atoms with Crippen LogP contribution in [0.1, 0.15) is 30.6 Å². The summed E-state index contributed by atoms with van der Waals surface area (Å²) in [5.41, 5.74) is 0.391. The highest BCUT2D eigenvalue weighted by Gasteiger charge is 2.27. The highest BCUT2D eigenvalue weighted by atomic mass is 16.5. The van der Waals surface area contributed by atoms with Gasteiger partial charge in [-0.3, -0.25) is 4.79 Å². The van der Waals surface area contributed by atoms with E-state index in [1.807, 2.05) is 44.2 Å². The maximum Gasteiger partial charge on any atom is 0.339 e. The van der Waals surface area contributed by atoms with Crippen molar-refractivity contribution in [1.82, 2.24) is 5.32 Å². The van der Waals surface area contributed by atoms with Crippen LogP contribution in [0.5, 0.6) is 0 Å². The molecule has 6 nitrogen and oxygen atoms in total. The van der Waals surface area contributed by atoms with E-state index in [0.29, 0.717) is 12.0 Å². The zero-order valence-electron chi connectivity index (χ0n) is 15.2. The van der Waals surface area contributed by atoms with Gasteiger partial charge in [-0.1, -0.05) is 56.7 Å². The predicted octanol–water partition coefficient (Wildman–Crippen LogP) is 2.70. The van der Waals surface area contributed by atoms with Crippen molar-refractivity contribution in [2.45, 2.75) is 26.3 Å². The molecule has 0 aliphatic rings. The summed E-state index contributed by atoms with van der Waals surface area (Å²) in [7, 11) is 1.27. The minimum atomic E-state index is -0.770. The fourth-order valence-electron chi connectivity index (χ4n) is 2.62. The van der Waals surface area contributed by atoms with Gasteiger partial charge in [-0.2, -0.15) is 0 Å². The number of nitrogens with one attached hydrogen (secondary N) is 1. The largest absolute Gasteiger partial charge is 0.467 e. The average Bonchev–Trinajstić information content (AvgIpc) is 2.68. The van der Waals surface area contributed by atoms with Crippen LogP contribution in [0, 0.1) is 5.92 Å². The minimum absolute atomic E-state index is 0.0971.